The van der Waals surface area contributed by atoms with Gasteiger partial charge < -0.3 is 9.88 Å². The van der Waals surface area contributed by atoms with Crippen LogP contribution in [0.2, 0.25) is 0 Å². The molecule has 1 heterocycles. The normalized spacial score (nSPS) is 12.3. The van der Waals surface area contributed by atoms with E-state index in [9.17, 15) is 13.2 Å². The van der Waals surface area contributed by atoms with Gasteiger partial charge in [0.2, 0.25) is 0 Å². The molecule has 0 radical (unpaired) electrons. The highest BCUT2D eigenvalue weighted by atomic mass is 19.4. The number of nitrogens with one attached hydrogen (secondary N) is 1. The fourth-order valence-corrected chi connectivity index (χ4v) is 2.19. The van der Waals surface area contributed by atoms with E-state index in [4.69, 9.17) is 0 Å². The third kappa shape index (κ3) is 2.22. The quantitative estimate of drug-likeness (QED) is 0.890. The molecule has 0 unspecified atom stereocenters. The first kappa shape index (κ1) is 13.0. The number of aryl methyl sites for hydroxylation is 1. The van der Waals surface area contributed by atoms with Crippen molar-refractivity contribution in [3.63, 3.8) is 0 Å². The van der Waals surface area contributed by atoms with E-state index in [0.717, 1.165) is 17.1 Å². The standard InChI is InChI=1S/C13H15F3N2/c1-3-18-11(8-17-2)6-9-4-5-10(7-12(9)18)13(14,15)16/h4-7,17H,3,8H2,1-2H3. The zero-order valence-corrected chi connectivity index (χ0v) is 10.3. The molecule has 0 fully saturated rings. The Bertz CT molecular complexity index is 555. The van der Waals surface area contributed by atoms with Gasteiger partial charge in [0.05, 0.1) is 5.56 Å². The predicted molar refractivity (Wildman–Crippen MR) is 65.4 cm³/mol. The number of nitrogens with zero attached hydrogens (tertiary/aromatic N) is 1. The second kappa shape index (κ2) is 4.65. The molecular formula is C13H15F3N2. The fraction of sp³-hybridized carbons (Fsp3) is 0.385. The summed E-state index contributed by atoms with van der Waals surface area (Å²) < 4.78 is 40.0. The van der Waals surface area contributed by atoms with Crippen LogP contribution in [-0.4, -0.2) is 11.6 Å². The van der Waals surface area contributed by atoms with E-state index in [2.05, 4.69) is 5.32 Å². The van der Waals surface area contributed by atoms with Crippen molar-refractivity contribution in [2.24, 2.45) is 0 Å². The number of hydrogen-bond acceptors (Lipinski definition) is 1. The van der Waals surface area contributed by atoms with Gasteiger partial charge in [-0.2, -0.15) is 13.2 Å². The van der Waals surface area contributed by atoms with Crippen LogP contribution in [0, 0.1) is 0 Å². The molecule has 1 aromatic carbocycles. The molecule has 5 heteroatoms. The summed E-state index contributed by atoms with van der Waals surface area (Å²) >= 11 is 0. The maximum absolute atomic E-state index is 12.7. The smallest absolute Gasteiger partial charge is 0.344 e. The molecule has 1 aromatic heterocycles. The highest BCUT2D eigenvalue weighted by Crippen LogP contribution is 2.32. The van der Waals surface area contributed by atoms with E-state index < -0.39 is 11.7 Å². The average Bonchev–Trinajstić information content (AvgIpc) is 2.64. The molecule has 2 nitrogen and oxygen atoms in total. The third-order valence-electron chi connectivity index (χ3n) is 2.99. The second-order valence-corrected chi connectivity index (χ2v) is 4.18. The average molecular weight is 256 g/mol. The first-order chi connectivity index (χ1) is 8.47. The molecule has 0 amide bonds. The molecule has 0 bridgehead atoms. The Labute approximate surface area is 103 Å². The summed E-state index contributed by atoms with van der Waals surface area (Å²) in [5.74, 6) is 0. The Hall–Kier alpha value is -1.49. The zero-order valence-electron chi connectivity index (χ0n) is 10.3. The lowest BCUT2D eigenvalue weighted by Crippen LogP contribution is -2.10. The Balaban J connectivity index is 2.61. The van der Waals surface area contributed by atoms with Crippen LogP contribution in [0.1, 0.15) is 18.2 Å². The van der Waals surface area contributed by atoms with Gasteiger partial charge in [-0.25, -0.2) is 0 Å². The number of rotatable bonds is 3. The van der Waals surface area contributed by atoms with Crippen molar-refractivity contribution in [2.75, 3.05) is 7.05 Å². The van der Waals surface area contributed by atoms with Gasteiger partial charge in [-0.3, -0.25) is 0 Å². The van der Waals surface area contributed by atoms with E-state index in [1.54, 1.807) is 0 Å². The molecule has 0 atom stereocenters. The lowest BCUT2D eigenvalue weighted by atomic mass is 10.1. The number of benzene rings is 1. The Morgan fingerprint density at radius 1 is 1.22 bits per heavy atom. The predicted octanol–water partition coefficient (Wildman–Crippen LogP) is 3.40. The van der Waals surface area contributed by atoms with Crippen LogP contribution in [0.15, 0.2) is 24.3 Å². The zero-order chi connectivity index (χ0) is 13.3. The van der Waals surface area contributed by atoms with Crippen LogP contribution in [0.3, 0.4) is 0 Å². The molecule has 0 spiro atoms. The van der Waals surface area contributed by atoms with Crippen molar-refractivity contribution in [2.45, 2.75) is 26.2 Å². The van der Waals surface area contributed by atoms with Gasteiger partial charge in [-0.1, -0.05) is 6.07 Å². The van der Waals surface area contributed by atoms with Crippen LogP contribution in [0.4, 0.5) is 13.2 Å². The molecule has 98 valence electrons. The van der Waals surface area contributed by atoms with Crippen LogP contribution in [-0.2, 0) is 19.3 Å². The van der Waals surface area contributed by atoms with E-state index in [1.807, 2.05) is 24.6 Å². The van der Waals surface area contributed by atoms with E-state index in [1.165, 1.54) is 12.1 Å². The van der Waals surface area contributed by atoms with E-state index >= 15 is 0 Å². The SMILES string of the molecule is CCn1c(CNC)cc2ccc(C(F)(F)F)cc21. The molecule has 2 rings (SSSR count). The molecule has 0 saturated carbocycles. The number of halogens is 3. The van der Waals surface area contributed by atoms with Gasteiger partial charge in [0.25, 0.3) is 0 Å². The highest BCUT2D eigenvalue weighted by molar-refractivity contribution is 5.82. The van der Waals surface area contributed by atoms with Crippen molar-refractivity contribution >= 4 is 10.9 Å². The van der Waals surface area contributed by atoms with Crippen molar-refractivity contribution in [3.05, 3.63) is 35.5 Å². The molecule has 1 N–H and O–H groups in total. The molecule has 0 saturated heterocycles. The molecule has 0 aliphatic heterocycles. The summed E-state index contributed by atoms with van der Waals surface area (Å²) in [6, 6.07) is 5.81. The summed E-state index contributed by atoms with van der Waals surface area (Å²) in [5.41, 5.74) is 1.03. The van der Waals surface area contributed by atoms with Crippen molar-refractivity contribution in [1.82, 2.24) is 9.88 Å². The van der Waals surface area contributed by atoms with Crippen LogP contribution in [0.25, 0.3) is 10.9 Å². The highest BCUT2D eigenvalue weighted by Gasteiger charge is 2.30. The summed E-state index contributed by atoms with van der Waals surface area (Å²) in [4.78, 5) is 0. The summed E-state index contributed by atoms with van der Waals surface area (Å²) in [5, 5.41) is 3.86. The number of alkyl halides is 3. The third-order valence-corrected chi connectivity index (χ3v) is 2.99. The minimum absolute atomic E-state index is 0.598. The summed E-state index contributed by atoms with van der Waals surface area (Å²) in [6.07, 6.45) is -4.29. The van der Waals surface area contributed by atoms with Gasteiger partial charge in [0.15, 0.2) is 0 Å². The van der Waals surface area contributed by atoms with Gasteiger partial charge in [-0.15, -0.1) is 0 Å². The number of hydrogen-bond donors (Lipinski definition) is 1. The fourth-order valence-electron chi connectivity index (χ4n) is 2.19. The van der Waals surface area contributed by atoms with Crippen LogP contribution >= 0.6 is 0 Å². The first-order valence-corrected chi connectivity index (χ1v) is 5.81. The largest absolute Gasteiger partial charge is 0.416 e. The lowest BCUT2D eigenvalue weighted by Gasteiger charge is -2.09. The molecule has 0 aliphatic carbocycles. The van der Waals surface area contributed by atoms with Crippen molar-refractivity contribution in [1.29, 1.82) is 0 Å². The maximum atomic E-state index is 12.7. The lowest BCUT2D eigenvalue weighted by molar-refractivity contribution is -0.137. The van der Waals surface area contributed by atoms with Gasteiger partial charge in [0.1, 0.15) is 0 Å². The number of fused-ring (bicyclic) bond motifs is 1. The second-order valence-electron chi connectivity index (χ2n) is 4.18. The Morgan fingerprint density at radius 3 is 2.50 bits per heavy atom. The molecule has 2 aromatic rings. The van der Waals surface area contributed by atoms with E-state index in [-0.39, 0.29) is 0 Å². The van der Waals surface area contributed by atoms with Gasteiger partial charge in [0, 0.05) is 24.3 Å². The van der Waals surface area contributed by atoms with Crippen LogP contribution < -0.4 is 5.32 Å². The Morgan fingerprint density at radius 2 is 1.94 bits per heavy atom. The van der Waals surface area contributed by atoms with Gasteiger partial charge in [-0.05, 0) is 37.6 Å². The molecule has 18 heavy (non-hydrogen) atoms. The maximum Gasteiger partial charge on any atom is 0.416 e. The summed E-state index contributed by atoms with van der Waals surface area (Å²) in [6.45, 7) is 3.23. The minimum Gasteiger partial charge on any atom is -0.344 e. The first-order valence-electron chi connectivity index (χ1n) is 5.81. The monoisotopic (exact) mass is 256 g/mol. The van der Waals surface area contributed by atoms with Crippen molar-refractivity contribution < 1.29 is 13.2 Å². The van der Waals surface area contributed by atoms with Crippen molar-refractivity contribution in [3.8, 4) is 0 Å². The minimum atomic E-state index is -4.29. The van der Waals surface area contributed by atoms with Crippen LogP contribution in [0.5, 0.6) is 0 Å². The molecular weight excluding hydrogens is 241 g/mol. The number of aromatic nitrogens is 1. The van der Waals surface area contributed by atoms with E-state index in [0.29, 0.717) is 18.6 Å². The van der Waals surface area contributed by atoms with Gasteiger partial charge >= 0.3 is 6.18 Å². The summed E-state index contributed by atoms with van der Waals surface area (Å²) in [7, 11) is 1.82. The topological polar surface area (TPSA) is 17.0 Å². The Kier molecular flexibility index (Phi) is 3.34. The molecule has 0 aliphatic rings.